The van der Waals surface area contributed by atoms with Crippen molar-refractivity contribution >= 4 is 27.7 Å². The zero-order valence-electron chi connectivity index (χ0n) is 20.7. The van der Waals surface area contributed by atoms with Crippen LogP contribution in [-0.4, -0.2) is 46.1 Å². The molecule has 182 valence electrons. The number of hydrogen-bond acceptors (Lipinski definition) is 3. The SMILES string of the molecule is Cn1c(C(=O)NCCCN2CCC(Cc3ccccc3)CC2)cc2c(=O)n(C)c3ccccc3c21. The maximum absolute atomic E-state index is 13.0. The van der Waals surface area contributed by atoms with Crippen molar-refractivity contribution in [1.29, 1.82) is 0 Å². The Balaban J connectivity index is 1.15. The number of carbonyl (C=O) groups is 1. The third-order valence-electron chi connectivity index (χ3n) is 7.53. The van der Waals surface area contributed by atoms with Gasteiger partial charge in [0.05, 0.1) is 16.4 Å². The molecule has 0 radical (unpaired) electrons. The Morgan fingerprint density at radius 3 is 2.43 bits per heavy atom. The van der Waals surface area contributed by atoms with Gasteiger partial charge >= 0.3 is 0 Å². The number of fused-ring (bicyclic) bond motifs is 3. The predicted octanol–water partition coefficient (Wildman–Crippen LogP) is 4.10. The van der Waals surface area contributed by atoms with Crippen molar-refractivity contribution in [1.82, 2.24) is 19.4 Å². The minimum Gasteiger partial charge on any atom is -0.351 e. The highest BCUT2D eigenvalue weighted by Gasteiger charge is 2.20. The molecule has 2 aromatic carbocycles. The number of aryl methyl sites for hydroxylation is 2. The molecule has 6 nitrogen and oxygen atoms in total. The lowest BCUT2D eigenvalue weighted by atomic mass is 9.90. The van der Waals surface area contributed by atoms with Gasteiger partial charge in [-0.15, -0.1) is 0 Å². The van der Waals surface area contributed by atoms with E-state index in [4.69, 9.17) is 0 Å². The maximum Gasteiger partial charge on any atom is 0.267 e. The number of nitrogens with zero attached hydrogens (tertiary/aromatic N) is 3. The van der Waals surface area contributed by atoms with Gasteiger partial charge in [0.1, 0.15) is 5.69 Å². The minimum absolute atomic E-state index is 0.0796. The van der Waals surface area contributed by atoms with E-state index >= 15 is 0 Å². The molecule has 0 aliphatic carbocycles. The summed E-state index contributed by atoms with van der Waals surface area (Å²) in [5.74, 6) is 0.639. The Morgan fingerprint density at radius 2 is 1.66 bits per heavy atom. The van der Waals surface area contributed by atoms with Crippen LogP contribution in [0.25, 0.3) is 21.8 Å². The van der Waals surface area contributed by atoms with Gasteiger partial charge in [-0.05, 0) is 68.9 Å². The fourth-order valence-electron chi connectivity index (χ4n) is 5.52. The van der Waals surface area contributed by atoms with Crippen LogP contribution in [0.5, 0.6) is 0 Å². The van der Waals surface area contributed by atoms with E-state index in [1.807, 2.05) is 35.9 Å². The monoisotopic (exact) mass is 470 g/mol. The quantitative estimate of drug-likeness (QED) is 0.414. The molecule has 0 atom stereocenters. The standard InChI is InChI=1S/C29H34N4O2/c1-31-26(20-24-27(31)23-11-6-7-12-25(23)32(2)29(24)35)28(34)30-15-8-16-33-17-13-22(14-18-33)19-21-9-4-3-5-10-21/h3-7,9-12,20,22H,8,13-19H2,1-2H3,(H,30,34). The van der Waals surface area contributed by atoms with Gasteiger partial charge in [0, 0.05) is 26.0 Å². The van der Waals surface area contributed by atoms with E-state index in [1.165, 1.54) is 24.8 Å². The van der Waals surface area contributed by atoms with Gasteiger partial charge in [0.2, 0.25) is 0 Å². The summed E-state index contributed by atoms with van der Waals surface area (Å²) in [5.41, 5.74) is 3.56. The Bertz CT molecular complexity index is 1400. The van der Waals surface area contributed by atoms with Crippen molar-refractivity contribution in [3.05, 3.63) is 82.3 Å². The average molecular weight is 471 g/mol. The number of hydrogen-bond donors (Lipinski definition) is 1. The Kier molecular flexibility index (Phi) is 6.73. The number of aromatic nitrogens is 2. The third-order valence-corrected chi connectivity index (χ3v) is 7.53. The molecule has 1 fully saturated rings. The van der Waals surface area contributed by atoms with Gasteiger partial charge in [-0.2, -0.15) is 0 Å². The van der Waals surface area contributed by atoms with Crippen LogP contribution < -0.4 is 10.9 Å². The fourth-order valence-corrected chi connectivity index (χ4v) is 5.52. The van der Waals surface area contributed by atoms with Crippen LogP contribution in [0.1, 0.15) is 35.3 Å². The first-order chi connectivity index (χ1) is 17.0. The summed E-state index contributed by atoms with van der Waals surface area (Å²) in [6.45, 7) is 3.89. The first-order valence-corrected chi connectivity index (χ1v) is 12.6. The molecular weight excluding hydrogens is 436 g/mol. The topological polar surface area (TPSA) is 59.3 Å². The summed E-state index contributed by atoms with van der Waals surface area (Å²) < 4.78 is 3.51. The van der Waals surface area contributed by atoms with E-state index in [2.05, 4.69) is 40.5 Å². The Hall–Kier alpha value is -3.38. The van der Waals surface area contributed by atoms with Gasteiger partial charge < -0.3 is 19.4 Å². The van der Waals surface area contributed by atoms with E-state index in [0.717, 1.165) is 48.4 Å². The number of likely N-dealkylation sites (tertiary alicyclic amines) is 1. The molecule has 1 saturated heterocycles. The van der Waals surface area contributed by atoms with Crippen molar-refractivity contribution in [3.8, 4) is 0 Å². The molecule has 1 aliphatic rings. The van der Waals surface area contributed by atoms with Crippen LogP contribution in [0.15, 0.2) is 65.5 Å². The third kappa shape index (κ3) is 4.76. The smallest absolute Gasteiger partial charge is 0.267 e. The van der Waals surface area contributed by atoms with Gasteiger partial charge in [-0.3, -0.25) is 9.59 Å². The van der Waals surface area contributed by atoms with E-state index < -0.39 is 0 Å². The summed E-state index contributed by atoms with van der Waals surface area (Å²) in [5, 5.41) is 4.62. The van der Waals surface area contributed by atoms with Gasteiger partial charge in [-0.25, -0.2) is 0 Å². The number of piperidine rings is 1. The van der Waals surface area contributed by atoms with Crippen LogP contribution in [0.3, 0.4) is 0 Å². The highest BCUT2D eigenvalue weighted by Crippen LogP contribution is 2.25. The number of nitrogens with one attached hydrogen (secondary N) is 1. The van der Waals surface area contributed by atoms with Crippen molar-refractivity contribution in [2.75, 3.05) is 26.2 Å². The summed E-state index contributed by atoms with van der Waals surface area (Å²) in [6, 6.07) is 20.3. The lowest BCUT2D eigenvalue weighted by molar-refractivity contribution is 0.0942. The van der Waals surface area contributed by atoms with Crippen LogP contribution in [-0.2, 0) is 20.5 Å². The van der Waals surface area contributed by atoms with Gasteiger partial charge in [0.25, 0.3) is 11.5 Å². The second-order valence-electron chi connectivity index (χ2n) is 9.82. The summed E-state index contributed by atoms with van der Waals surface area (Å²) >= 11 is 0. The Morgan fingerprint density at radius 1 is 0.943 bits per heavy atom. The molecule has 35 heavy (non-hydrogen) atoms. The maximum atomic E-state index is 13.0. The largest absolute Gasteiger partial charge is 0.351 e. The molecule has 2 aromatic heterocycles. The number of benzene rings is 2. The second-order valence-corrected chi connectivity index (χ2v) is 9.82. The molecular formula is C29H34N4O2. The number of rotatable bonds is 7. The zero-order chi connectivity index (χ0) is 24.4. The zero-order valence-corrected chi connectivity index (χ0v) is 20.7. The number of para-hydroxylation sites is 1. The highest BCUT2D eigenvalue weighted by atomic mass is 16.2. The first-order valence-electron chi connectivity index (χ1n) is 12.6. The second kappa shape index (κ2) is 10.1. The molecule has 4 aromatic rings. The molecule has 1 N–H and O–H groups in total. The van der Waals surface area contributed by atoms with Crippen LogP contribution in [0, 0.1) is 5.92 Å². The minimum atomic E-state index is -0.128. The Labute approximate surface area is 206 Å². The van der Waals surface area contributed by atoms with Gasteiger partial charge in [0.15, 0.2) is 0 Å². The molecule has 0 spiro atoms. The molecule has 6 heteroatoms. The first kappa shape index (κ1) is 23.4. The van der Waals surface area contributed by atoms with Crippen LogP contribution >= 0.6 is 0 Å². The van der Waals surface area contributed by atoms with Crippen LogP contribution in [0.2, 0.25) is 0 Å². The predicted molar refractivity (Wildman–Crippen MR) is 142 cm³/mol. The fraction of sp³-hybridized carbons (Fsp3) is 0.379. The number of amides is 1. The van der Waals surface area contributed by atoms with Crippen molar-refractivity contribution in [2.45, 2.75) is 25.7 Å². The van der Waals surface area contributed by atoms with Crippen molar-refractivity contribution in [3.63, 3.8) is 0 Å². The molecule has 3 heterocycles. The van der Waals surface area contributed by atoms with E-state index in [-0.39, 0.29) is 11.5 Å². The lowest BCUT2D eigenvalue weighted by Gasteiger charge is -2.32. The molecule has 5 rings (SSSR count). The van der Waals surface area contributed by atoms with Crippen molar-refractivity contribution in [2.24, 2.45) is 20.0 Å². The number of pyridine rings is 1. The molecule has 1 aliphatic heterocycles. The highest BCUT2D eigenvalue weighted by molar-refractivity contribution is 6.08. The summed E-state index contributed by atoms with van der Waals surface area (Å²) in [7, 11) is 3.64. The molecule has 0 bridgehead atoms. The number of carbonyl (C=O) groups excluding carboxylic acids is 1. The van der Waals surface area contributed by atoms with E-state index in [1.54, 1.807) is 17.7 Å². The van der Waals surface area contributed by atoms with Crippen LogP contribution in [0.4, 0.5) is 0 Å². The van der Waals surface area contributed by atoms with E-state index in [0.29, 0.717) is 17.6 Å². The van der Waals surface area contributed by atoms with Crippen molar-refractivity contribution < 1.29 is 4.79 Å². The summed E-state index contributed by atoms with van der Waals surface area (Å²) in [4.78, 5) is 28.4. The molecule has 1 amide bonds. The average Bonchev–Trinajstić information content (AvgIpc) is 3.24. The lowest BCUT2D eigenvalue weighted by Crippen LogP contribution is -2.36. The molecule has 0 saturated carbocycles. The van der Waals surface area contributed by atoms with E-state index in [9.17, 15) is 9.59 Å². The summed E-state index contributed by atoms with van der Waals surface area (Å²) in [6.07, 6.45) is 4.57. The normalized spacial score (nSPS) is 15.1. The van der Waals surface area contributed by atoms with Gasteiger partial charge in [-0.1, -0.05) is 48.5 Å². The molecule has 0 unspecified atom stereocenters.